The van der Waals surface area contributed by atoms with Crippen LogP contribution in [-0.2, 0) is 10.3 Å². The second-order valence-corrected chi connectivity index (χ2v) is 11.0. The molecule has 1 unspecified atom stereocenters. The summed E-state index contributed by atoms with van der Waals surface area (Å²) >= 11 is 0. The van der Waals surface area contributed by atoms with Crippen molar-refractivity contribution < 1.29 is 19.1 Å². The number of rotatable bonds is 10. The smallest absolute Gasteiger partial charge is 0.119 e. The third-order valence-corrected chi connectivity index (χ3v) is 8.90. The Morgan fingerprint density at radius 3 is 2.24 bits per heavy atom. The molecule has 3 heterocycles. The first-order valence-corrected chi connectivity index (χ1v) is 13.6. The molecule has 2 aromatic carbocycles. The fraction of sp³-hybridized carbons (Fsp3) is 0.600. The number of ether oxygens (including phenoxy) is 2. The zero-order valence-electron chi connectivity index (χ0n) is 20.6. The fourth-order valence-corrected chi connectivity index (χ4v) is 6.81. The lowest BCUT2D eigenvalue weighted by molar-refractivity contribution is -0.946. The number of fused-ring (bicyclic) bond motifs is 3. The highest BCUT2D eigenvalue weighted by molar-refractivity contribution is 5.24. The maximum absolute atomic E-state index is 12.0. The molecule has 34 heavy (non-hydrogen) atoms. The molecule has 184 valence electrons. The second-order valence-electron chi connectivity index (χ2n) is 11.0. The highest BCUT2D eigenvalue weighted by atomic mass is 16.5. The highest BCUT2D eigenvalue weighted by Crippen LogP contribution is 2.42. The standard InChI is InChI=1S/C30H42NO3/c32-30(26-11-4-1-5-12-26,27-13-6-2-7-14-27)24-34-29-23-31(20-17-25(29)18-21-31)19-10-22-33-28-15-8-3-9-16-28/h1,3-5,8-9,11-12,15-16,25,27,29,32H,2,6-7,10,13-14,17-24H2/q+1/t25?,29-,30?,31?/m1/s1. The summed E-state index contributed by atoms with van der Waals surface area (Å²) in [5, 5.41) is 12.0. The van der Waals surface area contributed by atoms with E-state index in [1.807, 2.05) is 36.4 Å². The summed E-state index contributed by atoms with van der Waals surface area (Å²) in [6.45, 7) is 5.98. The number of benzene rings is 2. The lowest BCUT2D eigenvalue weighted by Gasteiger charge is -2.53. The quantitative estimate of drug-likeness (QED) is 0.370. The molecule has 4 fully saturated rings. The summed E-state index contributed by atoms with van der Waals surface area (Å²) in [6.07, 6.45) is 9.76. The molecule has 4 heteroatoms. The predicted molar refractivity (Wildman–Crippen MR) is 136 cm³/mol. The Bertz CT molecular complexity index is 874. The first kappa shape index (κ1) is 23.8. The number of piperidine rings is 3. The van der Waals surface area contributed by atoms with E-state index >= 15 is 0 Å². The van der Waals surface area contributed by atoms with Crippen LogP contribution in [0, 0.1) is 11.8 Å². The minimum absolute atomic E-state index is 0.261. The normalized spacial score (nSPS) is 29.0. The Labute approximate surface area is 205 Å². The number of quaternary nitrogens is 1. The molecule has 0 spiro atoms. The van der Waals surface area contributed by atoms with Crippen LogP contribution in [0.15, 0.2) is 60.7 Å². The Balaban J connectivity index is 1.19. The molecule has 1 N–H and O–H groups in total. The van der Waals surface area contributed by atoms with E-state index in [0.717, 1.165) is 54.8 Å². The van der Waals surface area contributed by atoms with E-state index in [2.05, 4.69) is 24.3 Å². The van der Waals surface area contributed by atoms with Crippen molar-refractivity contribution in [2.75, 3.05) is 39.4 Å². The maximum atomic E-state index is 12.0. The molecule has 4 nitrogen and oxygen atoms in total. The summed E-state index contributed by atoms with van der Waals surface area (Å²) in [7, 11) is 0. The van der Waals surface area contributed by atoms with Gasteiger partial charge in [0.1, 0.15) is 24.0 Å². The Kier molecular flexibility index (Phi) is 7.58. The van der Waals surface area contributed by atoms with Crippen molar-refractivity contribution in [3.05, 3.63) is 66.2 Å². The first-order valence-electron chi connectivity index (χ1n) is 13.6. The van der Waals surface area contributed by atoms with Gasteiger partial charge in [0.2, 0.25) is 0 Å². The van der Waals surface area contributed by atoms with Gasteiger partial charge in [0.15, 0.2) is 0 Å². The number of nitrogens with zero attached hydrogens (tertiary/aromatic N) is 1. The van der Waals surface area contributed by atoms with E-state index in [4.69, 9.17) is 9.47 Å². The maximum Gasteiger partial charge on any atom is 0.119 e. The van der Waals surface area contributed by atoms with Gasteiger partial charge in [0, 0.05) is 25.2 Å². The Morgan fingerprint density at radius 1 is 0.853 bits per heavy atom. The van der Waals surface area contributed by atoms with Crippen LogP contribution >= 0.6 is 0 Å². The van der Waals surface area contributed by atoms with Crippen molar-refractivity contribution in [1.29, 1.82) is 0 Å². The van der Waals surface area contributed by atoms with Crippen LogP contribution in [0.4, 0.5) is 0 Å². The molecule has 3 saturated heterocycles. The van der Waals surface area contributed by atoms with Crippen molar-refractivity contribution in [1.82, 2.24) is 0 Å². The summed E-state index contributed by atoms with van der Waals surface area (Å²) in [5.74, 6) is 1.90. The van der Waals surface area contributed by atoms with Crippen LogP contribution < -0.4 is 4.74 Å². The van der Waals surface area contributed by atoms with Gasteiger partial charge in [0.05, 0.1) is 32.8 Å². The van der Waals surface area contributed by atoms with Crippen LogP contribution in [-0.4, -0.2) is 55.1 Å². The van der Waals surface area contributed by atoms with E-state index in [0.29, 0.717) is 18.4 Å². The molecule has 3 aliphatic heterocycles. The van der Waals surface area contributed by atoms with Crippen LogP contribution in [0.2, 0.25) is 0 Å². The molecule has 2 aromatic rings. The van der Waals surface area contributed by atoms with Crippen molar-refractivity contribution in [2.24, 2.45) is 11.8 Å². The van der Waals surface area contributed by atoms with Crippen molar-refractivity contribution >= 4 is 0 Å². The van der Waals surface area contributed by atoms with Gasteiger partial charge in [-0.3, -0.25) is 0 Å². The Morgan fingerprint density at radius 2 is 1.53 bits per heavy atom. The molecule has 0 aromatic heterocycles. The van der Waals surface area contributed by atoms with E-state index in [1.165, 1.54) is 45.2 Å². The van der Waals surface area contributed by atoms with Crippen LogP contribution in [0.25, 0.3) is 0 Å². The second kappa shape index (κ2) is 10.8. The van der Waals surface area contributed by atoms with Crippen molar-refractivity contribution in [2.45, 2.75) is 63.1 Å². The van der Waals surface area contributed by atoms with Gasteiger partial charge in [-0.15, -0.1) is 0 Å². The first-order chi connectivity index (χ1) is 16.7. The fourth-order valence-electron chi connectivity index (χ4n) is 6.81. The van der Waals surface area contributed by atoms with Gasteiger partial charge >= 0.3 is 0 Å². The largest absolute Gasteiger partial charge is 0.493 e. The van der Waals surface area contributed by atoms with E-state index in [-0.39, 0.29) is 6.10 Å². The molecule has 0 amide bonds. The number of para-hydroxylation sites is 1. The van der Waals surface area contributed by atoms with Gasteiger partial charge in [-0.05, 0) is 36.5 Å². The molecule has 4 aliphatic rings. The third kappa shape index (κ3) is 5.35. The summed E-state index contributed by atoms with van der Waals surface area (Å²) in [5.41, 5.74) is 0.160. The monoisotopic (exact) mass is 464 g/mol. The molecule has 1 saturated carbocycles. The lowest BCUT2D eigenvalue weighted by atomic mass is 9.73. The Hall–Kier alpha value is -1.88. The minimum atomic E-state index is -0.873. The molecule has 2 bridgehead atoms. The molecule has 0 radical (unpaired) electrons. The molecule has 2 atom stereocenters. The van der Waals surface area contributed by atoms with Crippen LogP contribution in [0.3, 0.4) is 0 Å². The molecule has 1 aliphatic carbocycles. The third-order valence-electron chi connectivity index (χ3n) is 8.90. The molecule has 6 rings (SSSR count). The lowest BCUT2D eigenvalue weighted by Crippen LogP contribution is -2.65. The van der Waals surface area contributed by atoms with Crippen LogP contribution in [0.1, 0.15) is 56.9 Å². The van der Waals surface area contributed by atoms with E-state index in [9.17, 15) is 5.11 Å². The van der Waals surface area contributed by atoms with Crippen molar-refractivity contribution in [3.8, 4) is 5.75 Å². The van der Waals surface area contributed by atoms with Gasteiger partial charge in [-0.1, -0.05) is 67.8 Å². The number of aliphatic hydroxyl groups is 1. The average molecular weight is 465 g/mol. The topological polar surface area (TPSA) is 38.7 Å². The van der Waals surface area contributed by atoms with Crippen LogP contribution in [0.5, 0.6) is 5.75 Å². The van der Waals surface area contributed by atoms with Gasteiger partial charge in [0.25, 0.3) is 0 Å². The summed E-state index contributed by atoms with van der Waals surface area (Å²) in [4.78, 5) is 0. The van der Waals surface area contributed by atoms with Gasteiger partial charge < -0.3 is 19.1 Å². The minimum Gasteiger partial charge on any atom is -0.493 e. The molecular weight excluding hydrogens is 422 g/mol. The zero-order valence-corrected chi connectivity index (χ0v) is 20.6. The predicted octanol–water partition coefficient (Wildman–Crippen LogP) is 5.55. The van der Waals surface area contributed by atoms with Crippen molar-refractivity contribution in [3.63, 3.8) is 0 Å². The zero-order chi connectivity index (χ0) is 23.3. The number of hydrogen-bond acceptors (Lipinski definition) is 3. The van der Waals surface area contributed by atoms with E-state index in [1.54, 1.807) is 0 Å². The van der Waals surface area contributed by atoms with E-state index < -0.39 is 5.60 Å². The number of hydrogen-bond donors (Lipinski definition) is 1. The highest BCUT2D eigenvalue weighted by Gasteiger charge is 2.48. The SMILES string of the molecule is OC(CO[C@@H]1C[N+]2(CCCOc3ccccc3)CCC1CC2)(c1ccccc1)C1CCCCC1. The summed E-state index contributed by atoms with van der Waals surface area (Å²) < 4.78 is 13.8. The van der Waals surface area contributed by atoms with Gasteiger partial charge in [-0.25, -0.2) is 0 Å². The summed E-state index contributed by atoms with van der Waals surface area (Å²) in [6, 6.07) is 20.5. The average Bonchev–Trinajstić information content (AvgIpc) is 2.92. The van der Waals surface area contributed by atoms with Gasteiger partial charge in [-0.2, -0.15) is 0 Å². The molecular formula is C30H42NO3+.